The van der Waals surface area contributed by atoms with E-state index in [0.717, 1.165) is 27.2 Å². The lowest BCUT2D eigenvalue weighted by atomic mass is 9.99. The van der Waals surface area contributed by atoms with Crippen molar-refractivity contribution < 1.29 is 14.0 Å². The van der Waals surface area contributed by atoms with Crippen LogP contribution in [0.5, 0.6) is 0 Å². The summed E-state index contributed by atoms with van der Waals surface area (Å²) in [7, 11) is 0. The molecular weight excluding hydrogens is 319 g/mol. The van der Waals surface area contributed by atoms with Crippen LogP contribution in [0.1, 0.15) is 27.8 Å². The first-order valence-electron chi connectivity index (χ1n) is 8.02. The standard InChI is InChI=1S/C20H19FN2O2/c1-12-8-13(2)16(14(3)9-12)10-18-19(24)23(20(25)22-18)11-15-6-4-5-7-17(15)21/h4-10H,11H2,1-3H3,(H,22,25)/b18-10+. The lowest BCUT2D eigenvalue weighted by Gasteiger charge is -2.12. The highest BCUT2D eigenvalue weighted by Gasteiger charge is 2.34. The van der Waals surface area contributed by atoms with Gasteiger partial charge in [-0.2, -0.15) is 0 Å². The highest BCUT2D eigenvalue weighted by Crippen LogP contribution is 2.22. The maximum absolute atomic E-state index is 13.8. The number of carbonyl (C=O) groups excluding carboxylic acids is 2. The van der Waals surface area contributed by atoms with Crippen LogP contribution in [0, 0.1) is 26.6 Å². The van der Waals surface area contributed by atoms with Crippen molar-refractivity contribution in [2.75, 3.05) is 0 Å². The fourth-order valence-corrected chi connectivity index (χ4v) is 3.08. The number of carbonyl (C=O) groups is 2. The van der Waals surface area contributed by atoms with E-state index >= 15 is 0 Å². The second-order valence-corrected chi connectivity index (χ2v) is 6.28. The predicted octanol–water partition coefficient (Wildman–Crippen LogP) is 3.84. The minimum absolute atomic E-state index is 0.0967. The average molecular weight is 338 g/mol. The quantitative estimate of drug-likeness (QED) is 0.683. The third-order valence-corrected chi connectivity index (χ3v) is 4.28. The SMILES string of the molecule is Cc1cc(C)c(/C=C2/NC(=O)N(Cc3ccccc3F)C2=O)c(C)c1. The van der Waals surface area contributed by atoms with Crippen LogP contribution >= 0.6 is 0 Å². The Balaban J connectivity index is 1.90. The second-order valence-electron chi connectivity index (χ2n) is 6.28. The molecule has 0 radical (unpaired) electrons. The van der Waals surface area contributed by atoms with Crippen molar-refractivity contribution in [3.05, 3.63) is 75.7 Å². The van der Waals surface area contributed by atoms with Gasteiger partial charge in [-0.3, -0.25) is 9.69 Å². The van der Waals surface area contributed by atoms with Gasteiger partial charge in [0.25, 0.3) is 5.91 Å². The van der Waals surface area contributed by atoms with Crippen LogP contribution < -0.4 is 5.32 Å². The molecule has 1 heterocycles. The molecule has 1 fully saturated rings. The maximum atomic E-state index is 13.8. The maximum Gasteiger partial charge on any atom is 0.329 e. The highest BCUT2D eigenvalue weighted by molar-refractivity contribution is 6.14. The molecule has 1 N–H and O–H groups in total. The van der Waals surface area contributed by atoms with Crippen LogP contribution in [0.2, 0.25) is 0 Å². The molecule has 3 amide bonds. The fourth-order valence-electron chi connectivity index (χ4n) is 3.08. The largest absolute Gasteiger partial charge is 0.329 e. The number of benzene rings is 2. The highest BCUT2D eigenvalue weighted by atomic mass is 19.1. The third-order valence-electron chi connectivity index (χ3n) is 4.28. The molecule has 2 aromatic rings. The summed E-state index contributed by atoms with van der Waals surface area (Å²) in [6.07, 6.45) is 1.69. The molecule has 1 aliphatic rings. The number of urea groups is 1. The number of hydrogen-bond donors (Lipinski definition) is 1. The van der Waals surface area contributed by atoms with E-state index in [4.69, 9.17) is 0 Å². The zero-order chi connectivity index (χ0) is 18.1. The summed E-state index contributed by atoms with van der Waals surface area (Å²) in [5.74, 6) is -0.890. The molecule has 25 heavy (non-hydrogen) atoms. The number of hydrogen-bond acceptors (Lipinski definition) is 2. The third kappa shape index (κ3) is 3.31. The Labute approximate surface area is 146 Å². The summed E-state index contributed by atoms with van der Waals surface area (Å²) >= 11 is 0. The van der Waals surface area contributed by atoms with Gasteiger partial charge in [0, 0.05) is 5.56 Å². The fraction of sp³-hybridized carbons (Fsp3) is 0.200. The molecule has 1 aliphatic heterocycles. The number of nitrogens with one attached hydrogen (secondary N) is 1. The van der Waals surface area contributed by atoms with Gasteiger partial charge in [-0.15, -0.1) is 0 Å². The van der Waals surface area contributed by atoms with E-state index in [-0.39, 0.29) is 12.2 Å². The minimum Gasteiger partial charge on any atom is -0.303 e. The summed E-state index contributed by atoms with van der Waals surface area (Å²) in [6.45, 7) is 5.84. The molecule has 2 aromatic carbocycles. The summed E-state index contributed by atoms with van der Waals surface area (Å²) in [4.78, 5) is 25.7. The van der Waals surface area contributed by atoms with E-state index in [1.54, 1.807) is 24.3 Å². The minimum atomic E-state index is -0.540. The molecular formula is C20H19FN2O2. The Morgan fingerprint density at radius 3 is 2.36 bits per heavy atom. The molecule has 0 atom stereocenters. The second kappa shape index (κ2) is 6.51. The van der Waals surface area contributed by atoms with Crippen LogP contribution in [0.4, 0.5) is 9.18 Å². The van der Waals surface area contributed by atoms with Gasteiger partial charge in [-0.1, -0.05) is 35.9 Å². The number of rotatable bonds is 3. The van der Waals surface area contributed by atoms with E-state index in [0.29, 0.717) is 5.56 Å². The molecule has 0 spiro atoms. The van der Waals surface area contributed by atoms with Crippen molar-refractivity contribution in [1.82, 2.24) is 10.2 Å². The van der Waals surface area contributed by atoms with Crippen LogP contribution in [0.3, 0.4) is 0 Å². The smallest absolute Gasteiger partial charge is 0.303 e. The van der Waals surface area contributed by atoms with Gasteiger partial charge >= 0.3 is 6.03 Å². The molecule has 1 saturated heterocycles. The molecule has 0 aliphatic carbocycles. The monoisotopic (exact) mass is 338 g/mol. The Morgan fingerprint density at radius 1 is 1.08 bits per heavy atom. The molecule has 5 heteroatoms. The van der Waals surface area contributed by atoms with E-state index in [1.807, 2.05) is 32.9 Å². The summed E-state index contributed by atoms with van der Waals surface area (Å²) in [5, 5.41) is 2.59. The van der Waals surface area contributed by atoms with Gasteiger partial charge in [0.2, 0.25) is 0 Å². The molecule has 0 saturated carbocycles. The van der Waals surface area contributed by atoms with Crippen LogP contribution in [-0.4, -0.2) is 16.8 Å². The molecule has 0 unspecified atom stereocenters. The average Bonchev–Trinajstić information content (AvgIpc) is 2.80. The lowest BCUT2D eigenvalue weighted by Crippen LogP contribution is -2.30. The summed E-state index contributed by atoms with van der Waals surface area (Å²) < 4.78 is 13.8. The molecule has 0 bridgehead atoms. The van der Waals surface area contributed by atoms with Crippen LogP contribution in [0.25, 0.3) is 6.08 Å². The first-order valence-corrected chi connectivity index (χ1v) is 8.02. The van der Waals surface area contributed by atoms with E-state index in [1.165, 1.54) is 6.07 Å². The van der Waals surface area contributed by atoms with Crippen molar-refractivity contribution in [3.63, 3.8) is 0 Å². The van der Waals surface area contributed by atoms with E-state index in [2.05, 4.69) is 5.32 Å². The first-order chi connectivity index (χ1) is 11.9. The topological polar surface area (TPSA) is 49.4 Å². The first kappa shape index (κ1) is 16.9. The van der Waals surface area contributed by atoms with Gasteiger partial charge in [0.1, 0.15) is 11.5 Å². The number of imide groups is 1. The van der Waals surface area contributed by atoms with Crippen LogP contribution in [0.15, 0.2) is 42.1 Å². The molecule has 3 rings (SSSR count). The van der Waals surface area contributed by atoms with Crippen molar-refractivity contribution in [2.24, 2.45) is 0 Å². The lowest BCUT2D eigenvalue weighted by molar-refractivity contribution is -0.123. The van der Waals surface area contributed by atoms with Crippen molar-refractivity contribution in [1.29, 1.82) is 0 Å². The predicted molar refractivity (Wildman–Crippen MR) is 94.1 cm³/mol. The van der Waals surface area contributed by atoms with Gasteiger partial charge in [0.05, 0.1) is 6.54 Å². The van der Waals surface area contributed by atoms with Gasteiger partial charge in [0.15, 0.2) is 0 Å². The van der Waals surface area contributed by atoms with Crippen molar-refractivity contribution in [2.45, 2.75) is 27.3 Å². The summed E-state index contributed by atoms with van der Waals surface area (Å²) in [6, 6.07) is 9.62. The normalized spacial score (nSPS) is 15.8. The van der Waals surface area contributed by atoms with Crippen molar-refractivity contribution >= 4 is 18.0 Å². The zero-order valence-corrected chi connectivity index (χ0v) is 14.4. The van der Waals surface area contributed by atoms with E-state index in [9.17, 15) is 14.0 Å². The Morgan fingerprint density at radius 2 is 1.72 bits per heavy atom. The summed E-state index contributed by atoms with van der Waals surface area (Å²) in [5.41, 5.74) is 4.60. The Hall–Kier alpha value is -2.95. The van der Waals surface area contributed by atoms with Crippen LogP contribution in [-0.2, 0) is 11.3 Å². The van der Waals surface area contributed by atoms with Gasteiger partial charge in [-0.25, -0.2) is 9.18 Å². The molecule has 0 aromatic heterocycles. The van der Waals surface area contributed by atoms with Gasteiger partial charge in [-0.05, 0) is 49.6 Å². The number of nitrogens with zero attached hydrogens (tertiary/aromatic N) is 1. The van der Waals surface area contributed by atoms with Gasteiger partial charge < -0.3 is 5.32 Å². The molecule has 128 valence electrons. The van der Waals surface area contributed by atoms with E-state index < -0.39 is 17.8 Å². The Kier molecular flexibility index (Phi) is 4.40. The zero-order valence-electron chi connectivity index (χ0n) is 14.4. The van der Waals surface area contributed by atoms with Crippen molar-refractivity contribution in [3.8, 4) is 0 Å². The number of amides is 3. The molecule has 4 nitrogen and oxygen atoms in total. The Bertz CT molecular complexity index is 879. The number of halogens is 1. The number of aryl methyl sites for hydroxylation is 3.